The van der Waals surface area contributed by atoms with Gasteiger partial charge in [0, 0.05) is 46.3 Å². The van der Waals surface area contributed by atoms with Gasteiger partial charge in [0.25, 0.3) is 0 Å². The molecule has 1 N–H and O–H groups in total. The van der Waals surface area contributed by atoms with Gasteiger partial charge >= 0.3 is 0 Å². The Balaban J connectivity index is 1.85. The molecule has 1 aliphatic rings. The van der Waals surface area contributed by atoms with E-state index < -0.39 is 6.10 Å². The summed E-state index contributed by atoms with van der Waals surface area (Å²) in [6.45, 7) is 7.08. The first-order chi connectivity index (χ1) is 11.5. The molecule has 1 aliphatic heterocycles. The van der Waals surface area contributed by atoms with Crippen molar-refractivity contribution < 1.29 is 9.90 Å². The molecule has 2 atom stereocenters. The minimum atomic E-state index is -0.504. The Morgan fingerprint density at radius 1 is 1.21 bits per heavy atom. The summed E-state index contributed by atoms with van der Waals surface area (Å²) in [5.41, 5.74) is 1.05. The van der Waals surface area contributed by atoms with Gasteiger partial charge in [0.1, 0.15) is 0 Å². The molecule has 5 heteroatoms. The molecule has 0 bridgehead atoms. The lowest BCUT2D eigenvalue weighted by atomic mass is 9.95. The van der Waals surface area contributed by atoms with E-state index in [4.69, 9.17) is 0 Å². The highest BCUT2D eigenvalue weighted by Gasteiger charge is 2.24. The molecule has 2 rings (SSSR count). The van der Waals surface area contributed by atoms with Crippen LogP contribution in [-0.4, -0.2) is 85.2 Å². The zero-order chi connectivity index (χ0) is 17.5. The number of carbonyl (C=O) groups is 1. The summed E-state index contributed by atoms with van der Waals surface area (Å²) in [6, 6.07) is 9.90. The van der Waals surface area contributed by atoms with Gasteiger partial charge in [-0.2, -0.15) is 0 Å². The van der Waals surface area contributed by atoms with E-state index in [1.54, 1.807) is 11.9 Å². The van der Waals surface area contributed by atoms with Crippen molar-refractivity contribution in [2.75, 3.05) is 53.4 Å². The largest absolute Gasteiger partial charge is 0.390 e. The molecule has 5 nitrogen and oxygen atoms in total. The molecule has 24 heavy (non-hydrogen) atoms. The topological polar surface area (TPSA) is 47.0 Å². The van der Waals surface area contributed by atoms with Gasteiger partial charge in [-0.3, -0.25) is 9.69 Å². The third-order valence-electron chi connectivity index (χ3n) is 4.83. The SMILES string of the molecule is CCC(C(=O)N(C)CC(O)CN1CCN(C)CC1)c1ccccc1. The van der Waals surface area contributed by atoms with Crippen molar-refractivity contribution in [1.29, 1.82) is 0 Å². The predicted octanol–water partition coefficient (Wildman–Crippen LogP) is 1.25. The van der Waals surface area contributed by atoms with E-state index in [0.717, 1.165) is 38.2 Å². The smallest absolute Gasteiger partial charge is 0.229 e. The van der Waals surface area contributed by atoms with Gasteiger partial charge in [-0.1, -0.05) is 37.3 Å². The number of likely N-dealkylation sites (N-methyl/N-ethyl adjacent to an activating group) is 2. The summed E-state index contributed by atoms with van der Waals surface area (Å²) in [5.74, 6) is -0.0480. The second-order valence-electron chi connectivity index (χ2n) is 6.85. The summed E-state index contributed by atoms with van der Waals surface area (Å²) < 4.78 is 0. The molecular formula is C19H31N3O2. The molecule has 0 saturated carbocycles. The normalized spacial score (nSPS) is 19.0. The number of amides is 1. The Hall–Kier alpha value is -1.43. The fraction of sp³-hybridized carbons (Fsp3) is 0.632. The van der Waals surface area contributed by atoms with Crippen LogP contribution in [0.15, 0.2) is 30.3 Å². The second-order valence-corrected chi connectivity index (χ2v) is 6.85. The van der Waals surface area contributed by atoms with Crippen molar-refractivity contribution in [3.8, 4) is 0 Å². The van der Waals surface area contributed by atoms with Crippen LogP contribution in [0.5, 0.6) is 0 Å². The molecule has 0 spiro atoms. The highest BCUT2D eigenvalue weighted by Crippen LogP contribution is 2.21. The lowest BCUT2D eigenvalue weighted by Crippen LogP contribution is -2.49. The highest BCUT2D eigenvalue weighted by atomic mass is 16.3. The van der Waals surface area contributed by atoms with Gasteiger partial charge in [-0.25, -0.2) is 0 Å². The maximum Gasteiger partial charge on any atom is 0.229 e. The van der Waals surface area contributed by atoms with Crippen molar-refractivity contribution >= 4 is 5.91 Å². The number of aliphatic hydroxyl groups is 1. The van der Waals surface area contributed by atoms with Gasteiger partial charge in [-0.15, -0.1) is 0 Å². The number of nitrogens with zero attached hydrogens (tertiary/aromatic N) is 3. The Morgan fingerprint density at radius 2 is 1.83 bits per heavy atom. The first kappa shape index (κ1) is 18.9. The van der Waals surface area contributed by atoms with E-state index in [-0.39, 0.29) is 11.8 Å². The third-order valence-corrected chi connectivity index (χ3v) is 4.83. The zero-order valence-electron chi connectivity index (χ0n) is 15.2. The minimum Gasteiger partial charge on any atom is -0.390 e. The number of hydrogen-bond acceptors (Lipinski definition) is 4. The van der Waals surface area contributed by atoms with Gasteiger partial charge in [0.05, 0.1) is 12.0 Å². The monoisotopic (exact) mass is 333 g/mol. The third kappa shape index (κ3) is 5.30. The summed E-state index contributed by atoms with van der Waals surface area (Å²) >= 11 is 0. The van der Waals surface area contributed by atoms with Crippen LogP contribution >= 0.6 is 0 Å². The Bertz CT molecular complexity index is 501. The Kier molecular flexibility index (Phi) is 7.21. The number of hydrogen-bond donors (Lipinski definition) is 1. The molecule has 1 aromatic rings. The molecular weight excluding hydrogens is 302 g/mol. The molecule has 0 radical (unpaired) electrons. The van der Waals surface area contributed by atoms with Crippen LogP contribution < -0.4 is 0 Å². The zero-order valence-corrected chi connectivity index (χ0v) is 15.2. The number of benzene rings is 1. The van der Waals surface area contributed by atoms with Crippen LogP contribution in [0.25, 0.3) is 0 Å². The van der Waals surface area contributed by atoms with Crippen molar-refractivity contribution in [2.24, 2.45) is 0 Å². The maximum atomic E-state index is 12.7. The number of rotatable bonds is 7. The average Bonchev–Trinajstić information content (AvgIpc) is 2.58. The van der Waals surface area contributed by atoms with E-state index in [2.05, 4.69) is 16.8 Å². The summed E-state index contributed by atoms with van der Waals surface area (Å²) in [6.07, 6.45) is 0.262. The molecule has 0 aromatic heterocycles. The van der Waals surface area contributed by atoms with E-state index >= 15 is 0 Å². The summed E-state index contributed by atoms with van der Waals surface area (Å²) in [4.78, 5) is 19.0. The second kappa shape index (κ2) is 9.16. The van der Waals surface area contributed by atoms with Crippen LogP contribution in [0.4, 0.5) is 0 Å². The molecule has 134 valence electrons. The molecule has 0 aliphatic carbocycles. The van der Waals surface area contributed by atoms with Crippen LogP contribution in [0, 0.1) is 0 Å². The Morgan fingerprint density at radius 3 is 2.42 bits per heavy atom. The Labute approximate surface area is 145 Å². The fourth-order valence-corrected chi connectivity index (χ4v) is 3.30. The van der Waals surface area contributed by atoms with Crippen LogP contribution in [0.1, 0.15) is 24.8 Å². The maximum absolute atomic E-state index is 12.7. The van der Waals surface area contributed by atoms with E-state index in [1.165, 1.54) is 0 Å². The average molecular weight is 333 g/mol. The van der Waals surface area contributed by atoms with E-state index in [9.17, 15) is 9.90 Å². The highest BCUT2D eigenvalue weighted by molar-refractivity contribution is 5.83. The van der Waals surface area contributed by atoms with Crippen LogP contribution in [0.2, 0.25) is 0 Å². The lowest BCUT2D eigenvalue weighted by molar-refractivity contribution is -0.133. The molecule has 1 aromatic carbocycles. The first-order valence-corrected chi connectivity index (χ1v) is 8.90. The lowest BCUT2D eigenvalue weighted by Gasteiger charge is -2.34. The van der Waals surface area contributed by atoms with Gasteiger partial charge in [-0.05, 0) is 19.0 Å². The number of piperazine rings is 1. The van der Waals surface area contributed by atoms with Crippen molar-refractivity contribution in [1.82, 2.24) is 14.7 Å². The van der Waals surface area contributed by atoms with Crippen molar-refractivity contribution in [3.63, 3.8) is 0 Å². The van der Waals surface area contributed by atoms with Crippen molar-refractivity contribution in [2.45, 2.75) is 25.4 Å². The van der Waals surface area contributed by atoms with Crippen molar-refractivity contribution in [3.05, 3.63) is 35.9 Å². The molecule has 1 amide bonds. The van der Waals surface area contributed by atoms with E-state index in [0.29, 0.717) is 13.1 Å². The summed E-state index contributed by atoms with van der Waals surface area (Å²) in [7, 11) is 3.91. The van der Waals surface area contributed by atoms with Crippen LogP contribution in [0.3, 0.4) is 0 Å². The van der Waals surface area contributed by atoms with Gasteiger partial charge < -0.3 is 14.9 Å². The first-order valence-electron chi connectivity index (χ1n) is 8.90. The summed E-state index contributed by atoms with van der Waals surface area (Å²) in [5, 5.41) is 10.4. The fourth-order valence-electron chi connectivity index (χ4n) is 3.30. The molecule has 1 saturated heterocycles. The number of β-amino-alcohol motifs (C(OH)–C–C–N with tert-alkyl or cyclic N) is 1. The standard InChI is InChI=1S/C19H31N3O2/c1-4-18(16-8-6-5-7-9-16)19(24)21(3)14-17(23)15-22-12-10-20(2)11-13-22/h5-9,17-18,23H,4,10-15H2,1-3H3. The minimum absolute atomic E-state index is 0.0844. The number of aliphatic hydroxyl groups excluding tert-OH is 1. The number of carbonyl (C=O) groups excluding carboxylic acids is 1. The molecule has 1 fully saturated rings. The predicted molar refractivity (Wildman–Crippen MR) is 97.1 cm³/mol. The molecule has 2 unspecified atom stereocenters. The van der Waals surface area contributed by atoms with Gasteiger partial charge in [0.2, 0.25) is 5.91 Å². The molecule has 1 heterocycles. The quantitative estimate of drug-likeness (QED) is 0.816. The van der Waals surface area contributed by atoms with Crippen LogP contribution in [-0.2, 0) is 4.79 Å². The van der Waals surface area contributed by atoms with E-state index in [1.807, 2.05) is 37.3 Å². The van der Waals surface area contributed by atoms with Gasteiger partial charge in [0.15, 0.2) is 0 Å².